The average molecular weight is 796 g/mol. The summed E-state index contributed by atoms with van der Waals surface area (Å²) in [6.45, 7) is 7.41. The van der Waals surface area contributed by atoms with Gasteiger partial charge in [0.25, 0.3) is 5.91 Å². The third-order valence-electron chi connectivity index (χ3n) is 11.0. The Labute approximate surface area is 335 Å². The molecule has 3 aliphatic heterocycles. The van der Waals surface area contributed by atoms with Crippen molar-refractivity contribution in [1.29, 1.82) is 0 Å². The van der Waals surface area contributed by atoms with Crippen molar-refractivity contribution >= 4 is 41.0 Å². The molecular formula is C40H49N11O7. The molecule has 18 nitrogen and oxygen atoms in total. The first-order chi connectivity index (χ1) is 27.8. The molecule has 0 radical (unpaired) electrons. The van der Waals surface area contributed by atoms with Crippen LogP contribution in [0, 0.1) is 18.0 Å². The maximum atomic E-state index is 12.7. The highest BCUT2D eigenvalue weighted by molar-refractivity contribution is 6.02. The largest absolute Gasteiger partial charge is 0.618 e. The summed E-state index contributed by atoms with van der Waals surface area (Å²) in [5, 5.41) is 28.6. The Morgan fingerprint density at radius 1 is 0.966 bits per heavy atom. The number of ether oxygens (including phenoxy) is 2. The van der Waals surface area contributed by atoms with E-state index in [-0.39, 0.29) is 48.4 Å². The third-order valence-corrected chi connectivity index (χ3v) is 11.0. The molecule has 4 aliphatic rings. The summed E-state index contributed by atoms with van der Waals surface area (Å²) in [7, 11) is 1.72. The van der Waals surface area contributed by atoms with E-state index in [1.807, 2.05) is 6.92 Å². The van der Waals surface area contributed by atoms with Gasteiger partial charge in [0.2, 0.25) is 17.5 Å². The monoisotopic (exact) mass is 795 g/mol. The fourth-order valence-corrected chi connectivity index (χ4v) is 7.72. The van der Waals surface area contributed by atoms with Crippen LogP contribution in [0.15, 0.2) is 43.0 Å². The number of fused-ring (bicyclic) bond motifs is 2. The minimum absolute atomic E-state index is 0.0237. The zero-order valence-corrected chi connectivity index (χ0v) is 33.1. The maximum Gasteiger partial charge on any atom is 0.267 e. The molecule has 2 fully saturated rings. The van der Waals surface area contributed by atoms with E-state index in [1.165, 1.54) is 6.20 Å². The molecule has 1 aliphatic carbocycles. The van der Waals surface area contributed by atoms with Crippen LogP contribution in [0.25, 0.3) is 22.5 Å². The number of amides is 3. The second kappa shape index (κ2) is 16.9. The lowest BCUT2D eigenvalue weighted by Gasteiger charge is -2.38. The van der Waals surface area contributed by atoms with Crippen LogP contribution >= 0.6 is 0 Å². The number of nitrogens with zero attached hydrogens (tertiary/aromatic N) is 8. The second-order valence-electron chi connectivity index (χ2n) is 15.5. The van der Waals surface area contributed by atoms with E-state index < -0.39 is 11.5 Å². The number of aliphatic hydroxyl groups is 1. The Kier molecular flexibility index (Phi) is 11.8. The number of aromatic nitrogens is 6. The Hall–Kier alpha value is -5.85. The molecule has 7 heterocycles. The van der Waals surface area contributed by atoms with E-state index in [2.05, 4.69) is 25.6 Å². The van der Waals surface area contributed by atoms with Crippen molar-refractivity contribution in [2.45, 2.75) is 77.0 Å². The van der Waals surface area contributed by atoms with Crippen LogP contribution in [0.1, 0.15) is 74.1 Å². The average Bonchev–Trinajstić information content (AvgIpc) is 3.21. The summed E-state index contributed by atoms with van der Waals surface area (Å²) in [6.07, 6.45) is 11.7. The number of carbonyl (C=O) groups excluding carboxylic acids is 3. The lowest BCUT2D eigenvalue weighted by molar-refractivity contribution is -0.621. The van der Waals surface area contributed by atoms with Crippen molar-refractivity contribution in [1.82, 2.24) is 24.9 Å². The van der Waals surface area contributed by atoms with Crippen LogP contribution in [0.3, 0.4) is 0 Å². The van der Waals surface area contributed by atoms with Gasteiger partial charge in [-0.05, 0) is 82.9 Å². The van der Waals surface area contributed by atoms with Crippen LogP contribution < -0.4 is 30.9 Å². The molecule has 0 spiro atoms. The number of anilines is 4. The highest BCUT2D eigenvalue weighted by atomic mass is 16.5. The molecule has 0 unspecified atom stereocenters. The number of nitrogens with two attached hydrogens (primary N) is 1. The Bertz CT molecular complexity index is 2180. The van der Waals surface area contributed by atoms with Gasteiger partial charge in [-0.2, -0.15) is 4.73 Å². The number of rotatable bonds is 8. The molecule has 0 bridgehead atoms. The summed E-state index contributed by atoms with van der Waals surface area (Å²) in [4.78, 5) is 62.5. The molecule has 306 valence electrons. The van der Waals surface area contributed by atoms with Crippen molar-refractivity contribution < 1.29 is 33.7 Å². The predicted molar refractivity (Wildman–Crippen MR) is 214 cm³/mol. The summed E-state index contributed by atoms with van der Waals surface area (Å²) in [6, 6.07) is 4.99. The van der Waals surface area contributed by atoms with Crippen molar-refractivity contribution in [2.24, 2.45) is 11.7 Å². The zero-order chi connectivity index (χ0) is 41.1. The molecule has 4 aromatic rings. The van der Waals surface area contributed by atoms with Crippen LogP contribution in [0.2, 0.25) is 0 Å². The van der Waals surface area contributed by atoms with Crippen molar-refractivity contribution in [3.63, 3.8) is 0 Å². The first-order valence-corrected chi connectivity index (χ1v) is 19.5. The molecule has 0 aromatic carbocycles. The minimum Gasteiger partial charge on any atom is -0.618 e. The van der Waals surface area contributed by atoms with Crippen LogP contribution in [-0.2, 0) is 24.7 Å². The SMILES string of the molecule is COC1CCC(N2C(=O)CNc3ncc(-c4ccc(C(C)(C)O)[n+]([O-])c4)nc32)CC1.Cc1cc(C(N)=O)ncc1-c1cnc2c(n1)N(CC1CCOCC1)C(=O)CN2. The Morgan fingerprint density at radius 2 is 1.62 bits per heavy atom. The molecule has 5 N–H and O–H groups in total. The number of carbonyl (C=O) groups is 3. The summed E-state index contributed by atoms with van der Waals surface area (Å²) >= 11 is 0. The maximum absolute atomic E-state index is 12.7. The number of pyridine rings is 2. The number of aryl methyl sites for hydroxylation is 1. The van der Waals surface area contributed by atoms with Crippen molar-refractivity contribution in [3.8, 4) is 22.5 Å². The van der Waals surface area contributed by atoms with Gasteiger partial charge in [0.1, 0.15) is 11.3 Å². The van der Waals surface area contributed by atoms with Gasteiger partial charge in [-0.15, -0.1) is 0 Å². The van der Waals surface area contributed by atoms with Gasteiger partial charge >= 0.3 is 0 Å². The molecule has 58 heavy (non-hydrogen) atoms. The molecule has 18 heteroatoms. The van der Waals surface area contributed by atoms with E-state index in [9.17, 15) is 24.7 Å². The van der Waals surface area contributed by atoms with Crippen molar-refractivity contribution in [2.75, 3.05) is 60.4 Å². The fraction of sp³-hybridized carbons (Fsp3) is 0.475. The van der Waals surface area contributed by atoms with Gasteiger partial charge in [0.05, 0.1) is 48.5 Å². The summed E-state index contributed by atoms with van der Waals surface area (Å²) < 4.78 is 11.5. The summed E-state index contributed by atoms with van der Waals surface area (Å²) in [5.41, 5.74) is 7.68. The quantitative estimate of drug-likeness (QED) is 0.148. The molecule has 0 atom stereocenters. The number of methoxy groups -OCH3 is 1. The van der Waals surface area contributed by atoms with Crippen LogP contribution in [0.4, 0.5) is 23.3 Å². The smallest absolute Gasteiger partial charge is 0.267 e. The Morgan fingerprint density at radius 3 is 2.26 bits per heavy atom. The second-order valence-corrected chi connectivity index (χ2v) is 15.5. The van der Waals surface area contributed by atoms with Gasteiger partial charge in [-0.1, -0.05) is 0 Å². The van der Waals surface area contributed by atoms with Gasteiger partial charge in [-0.25, -0.2) is 19.9 Å². The molecule has 1 saturated heterocycles. The molecule has 3 amide bonds. The number of nitrogens with one attached hydrogen (secondary N) is 2. The normalized spacial score (nSPS) is 19.6. The number of primary amides is 1. The summed E-state index contributed by atoms with van der Waals surface area (Å²) in [5.74, 6) is 1.92. The van der Waals surface area contributed by atoms with E-state index >= 15 is 0 Å². The standard InChI is InChI=1S/C21H27N5O4.C19H22N6O3/c1-21(2,28)17-9-4-13(12-25(17)29)16-10-22-19-20(24-16)26(18(27)11-23-19)14-5-7-15(30-3)8-6-14;1-11-6-14(17(20)27)21-7-13(11)15-8-22-18-19(24-15)25(16(26)9-23-18)10-12-2-4-28-5-3-12/h4,9-10,12,14-15,28H,5-8,11H2,1-3H3,(H,22,23);6-8,12H,2-5,9-10H2,1H3,(H2,20,27)(H,22,23). The van der Waals surface area contributed by atoms with Crippen LogP contribution in [0.5, 0.6) is 0 Å². The van der Waals surface area contributed by atoms with Gasteiger partial charge < -0.3 is 36.2 Å². The highest BCUT2D eigenvalue weighted by Crippen LogP contribution is 2.35. The van der Waals surface area contributed by atoms with E-state index in [1.54, 1.807) is 67.5 Å². The van der Waals surface area contributed by atoms with Crippen molar-refractivity contribution in [3.05, 3.63) is 65.1 Å². The Balaban J connectivity index is 0.000000177. The molecule has 4 aromatic heterocycles. The van der Waals surface area contributed by atoms with E-state index in [4.69, 9.17) is 25.2 Å². The molecule has 1 saturated carbocycles. The molecule has 8 rings (SSSR count). The van der Waals surface area contributed by atoms with E-state index in [0.29, 0.717) is 57.4 Å². The highest BCUT2D eigenvalue weighted by Gasteiger charge is 2.36. The van der Waals surface area contributed by atoms with Crippen LogP contribution in [-0.4, -0.2) is 99.9 Å². The topological polar surface area (TPSA) is 238 Å². The fourth-order valence-electron chi connectivity index (χ4n) is 7.72. The first kappa shape index (κ1) is 40.4. The van der Waals surface area contributed by atoms with Gasteiger partial charge in [0, 0.05) is 50.7 Å². The lowest BCUT2D eigenvalue weighted by Crippen LogP contribution is -2.49. The minimum atomic E-state index is -1.25. The third kappa shape index (κ3) is 8.68. The predicted octanol–water partition coefficient (Wildman–Crippen LogP) is 2.85. The first-order valence-electron chi connectivity index (χ1n) is 19.5. The van der Waals surface area contributed by atoms with Gasteiger partial charge in [-0.3, -0.25) is 29.2 Å². The van der Waals surface area contributed by atoms with E-state index in [0.717, 1.165) is 62.9 Å². The number of hydrogen-bond donors (Lipinski definition) is 4. The van der Waals surface area contributed by atoms with Gasteiger partial charge in [0.15, 0.2) is 29.5 Å². The molecular weight excluding hydrogens is 747 g/mol. The zero-order valence-electron chi connectivity index (χ0n) is 33.1. The lowest BCUT2D eigenvalue weighted by atomic mass is 9.91. The number of hydrogen-bond acceptors (Lipinski definition) is 14.